The molecule has 1 aromatic carbocycles. The van der Waals surface area contributed by atoms with Crippen LogP contribution in [0.5, 0.6) is 0 Å². The van der Waals surface area contributed by atoms with E-state index in [-0.39, 0.29) is 13.2 Å². The van der Waals surface area contributed by atoms with E-state index in [1.54, 1.807) is 18.2 Å². The lowest BCUT2D eigenvalue weighted by Gasteiger charge is -2.01. The van der Waals surface area contributed by atoms with E-state index in [1.807, 2.05) is 0 Å². The van der Waals surface area contributed by atoms with E-state index in [1.165, 1.54) is 12.2 Å². The minimum atomic E-state index is -0.726. The molecule has 0 aliphatic heterocycles. The van der Waals surface area contributed by atoms with Gasteiger partial charge >= 0.3 is 5.97 Å². The number of ether oxygens (including phenoxy) is 1. The lowest BCUT2D eigenvalue weighted by molar-refractivity contribution is -0.146. The number of hydrogen-bond acceptors (Lipinski definition) is 6. The number of carbonyl (C=O) groups excluding carboxylic acids is 2. The third kappa shape index (κ3) is 6.37. The molecule has 0 spiro atoms. The van der Waals surface area contributed by atoms with Gasteiger partial charge in [0.2, 0.25) is 0 Å². The maximum Gasteiger partial charge on any atom is 0.313 e. The first-order chi connectivity index (χ1) is 10.0. The van der Waals surface area contributed by atoms with E-state index in [0.717, 1.165) is 0 Å². The number of esters is 1. The number of benzene rings is 1. The van der Waals surface area contributed by atoms with Gasteiger partial charge in [-0.15, -0.1) is 4.91 Å². The van der Waals surface area contributed by atoms with Crippen LogP contribution in [-0.4, -0.2) is 25.0 Å². The number of carbonyl (C=O) groups is 2. The third-order valence-electron chi connectivity index (χ3n) is 2.24. The Bertz CT molecular complexity index is 559. The SMILES string of the molecule is O=NOCCOC(=O)CC(=O)C=Cc1cccc(Cl)c1Cl. The van der Waals surface area contributed by atoms with Gasteiger partial charge in [0.25, 0.3) is 0 Å². The lowest BCUT2D eigenvalue weighted by atomic mass is 10.1. The molecular formula is C13H11Cl2NO5. The Morgan fingerprint density at radius 3 is 2.71 bits per heavy atom. The second kappa shape index (κ2) is 9.10. The number of nitrogens with zero attached hydrogens (tertiary/aromatic N) is 1. The average molecular weight is 332 g/mol. The average Bonchev–Trinajstić information content (AvgIpc) is 2.45. The van der Waals surface area contributed by atoms with Gasteiger partial charge in [0.1, 0.15) is 13.0 Å². The molecule has 0 bridgehead atoms. The summed E-state index contributed by atoms with van der Waals surface area (Å²) in [7, 11) is 0. The van der Waals surface area contributed by atoms with Crippen LogP contribution >= 0.6 is 23.2 Å². The van der Waals surface area contributed by atoms with Gasteiger partial charge in [-0.2, -0.15) is 0 Å². The monoisotopic (exact) mass is 331 g/mol. The summed E-state index contributed by atoms with van der Waals surface area (Å²) in [6, 6.07) is 4.99. The van der Waals surface area contributed by atoms with Crippen LogP contribution < -0.4 is 0 Å². The topological polar surface area (TPSA) is 82.0 Å². The molecule has 21 heavy (non-hydrogen) atoms. The largest absolute Gasteiger partial charge is 0.462 e. The van der Waals surface area contributed by atoms with Crippen molar-refractivity contribution in [1.82, 2.24) is 0 Å². The molecule has 1 aromatic rings. The number of allylic oxidation sites excluding steroid dienone is 1. The van der Waals surface area contributed by atoms with Gasteiger partial charge in [-0.3, -0.25) is 9.59 Å². The summed E-state index contributed by atoms with van der Waals surface area (Å²) in [5, 5.41) is 2.82. The minimum Gasteiger partial charge on any atom is -0.462 e. The second-order valence-electron chi connectivity index (χ2n) is 3.75. The molecule has 0 fully saturated rings. The maximum absolute atomic E-state index is 11.5. The first-order valence-electron chi connectivity index (χ1n) is 5.79. The van der Waals surface area contributed by atoms with Crippen molar-refractivity contribution in [3.8, 4) is 0 Å². The number of hydrogen-bond donors (Lipinski definition) is 0. The van der Waals surface area contributed by atoms with Crippen molar-refractivity contribution < 1.29 is 19.2 Å². The van der Waals surface area contributed by atoms with Crippen molar-refractivity contribution >= 4 is 41.0 Å². The van der Waals surface area contributed by atoms with Crippen LogP contribution in [0.3, 0.4) is 0 Å². The number of halogens is 2. The highest BCUT2D eigenvalue weighted by atomic mass is 35.5. The van der Waals surface area contributed by atoms with E-state index in [0.29, 0.717) is 15.6 Å². The molecule has 6 nitrogen and oxygen atoms in total. The molecule has 0 radical (unpaired) electrons. The van der Waals surface area contributed by atoms with Crippen molar-refractivity contribution in [3.05, 3.63) is 44.8 Å². The van der Waals surface area contributed by atoms with Crippen molar-refractivity contribution in [3.63, 3.8) is 0 Å². The molecule has 0 aromatic heterocycles. The Balaban J connectivity index is 2.46. The quantitative estimate of drug-likeness (QED) is 0.182. The van der Waals surface area contributed by atoms with Crippen LogP contribution in [0.4, 0.5) is 0 Å². The van der Waals surface area contributed by atoms with Crippen LogP contribution in [0.25, 0.3) is 6.08 Å². The molecule has 0 aliphatic carbocycles. The van der Waals surface area contributed by atoms with Gasteiger partial charge < -0.3 is 9.57 Å². The van der Waals surface area contributed by atoms with Gasteiger partial charge in [-0.1, -0.05) is 35.3 Å². The van der Waals surface area contributed by atoms with Crippen LogP contribution in [0.2, 0.25) is 10.0 Å². The smallest absolute Gasteiger partial charge is 0.313 e. The number of ketones is 1. The van der Waals surface area contributed by atoms with E-state index in [9.17, 15) is 14.5 Å². The molecule has 0 amide bonds. The van der Waals surface area contributed by atoms with Gasteiger partial charge in [0.15, 0.2) is 17.7 Å². The molecule has 0 aliphatic rings. The Morgan fingerprint density at radius 2 is 2.00 bits per heavy atom. The van der Waals surface area contributed by atoms with Crippen LogP contribution in [0.1, 0.15) is 12.0 Å². The number of rotatable bonds is 8. The highest BCUT2D eigenvalue weighted by molar-refractivity contribution is 6.42. The van der Waals surface area contributed by atoms with Crippen LogP contribution in [0.15, 0.2) is 29.6 Å². The highest BCUT2D eigenvalue weighted by Crippen LogP contribution is 2.26. The molecule has 0 unspecified atom stereocenters. The summed E-state index contributed by atoms with van der Waals surface area (Å²) < 4.78 is 4.64. The fraction of sp³-hybridized carbons (Fsp3) is 0.231. The zero-order valence-electron chi connectivity index (χ0n) is 10.8. The summed E-state index contributed by atoms with van der Waals surface area (Å²) in [6.07, 6.45) is 2.24. The fourth-order valence-electron chi connectivity index (χ4n) is 1.31. The fourth-order valence-corrected chi connectivity index (χ4v) is 1.69. The molecule has 0 atom stereocenters. The van der Waals surface area contributed by atoms with E-state index >= 15 is 0 Å². The van der Waals surface area contributed by atoms with Gasteiger partial charge in [0, 0.05) is 0 Å². The molecule has 8 heteroatoms. The van der Waals surface area contributed by atoms with Gasteiger partial charge in [0.05, 0.1) is 10.0 Å². The first-order valence-corrected chi connectivity index (χ1v) is 6.55. The van der Waals surface area contributed by atoms with Crippen LogP contribution in [0, 0.1) is 4.91 Å². The van der Waals surface area contributed by atoms with E-state index in [4.69, 9.17) is 23.2 Å². The Hall–Kier alpha value is -1.92. The van der Waals surface area contributed by atoms with E-state index in [2.05, 4.69) is 14.9 Å². The Morgan fingerprint density at radius 1 is 1.24 bits per heavy atom. The van der Waals surface area contributed by atoms with E-state index < -0.39 is 18.2 Å². The lowest BCUT2D eigenvalue weighted by Crippen LogP contribution is -2.12. The van der Waals surface area contributed by atoms with Gasteiger partial charge in [-0.25, -0.2) is 0 Å². The molecule has 0 N–H and O–H groups in total. The second-order valence-corrected chi connectivity index (χ2v) is 4.53. The summed E-state index contributed by atoms with van der Waals surface area (Å²) >= 11 is 11.8. The predicted molar refractivity (Wildman–Crippen MR) is 77.8 cm³/mol. The summed E-state index contributed by atoms with van der Waals surface area (Å²) in [6.45, 7) is -0.306. The minimum absolute atomic E-state index is 0.151. The zero-order valence-corrected chi connectivity index (χ0v) is 12.3. The van der Waals surface area contributed by atoms with Crippen molar-refractivity contribution in [2.24, 2.45) is 5.34 Å². The zero-order chi connectivity index (χ0) is 15.7. The highest BCUT2D eigenvalue weighted by Gasteiger charge is 2.09. The maximum atomic E-state index is 11.5. The Kier molecular flexibility index (Phi) is 7.42. The van der Waals surface area contributed by atoms with Crippen molar-refractivity contribution in [2.45, 2.75) is 6.42 Å². The standard InChI is InChI=1S/C13H11Cl2NO5/c14-11-3-1-2-9(13(11)15)4-5-10(17)8-12(18)20-6-7-21-16-19/h1-5H,6-8H2. The molecule has 1 rings (SSSR count). The van der Waals surface area contributed by atoms with Gasteiger partial charge in [-0.05, 0) is 23.8 Å². The Labute approximate surface area is 130 Å². The molecule has 0 saturated carbocycles. The summed E-state index contributed by atoms with van der Waals surface area (Å²) in [5.74, 6) is -1.18. The van der Waals surface area contributed by atoms with Crippen molar-refractivity contribution in [1.29, 1.82) is 0 Å². The summed E-state index contributed by atoms with van der Waals surface area (Å²) in [4.78, 5) is 36.5. The first kappa shape index (κ1) is 17.1. The molecule has 0 heterocycles. The third-order valence-corrected chi connectivity index (χ3v) is 3.07. The van der Waals surface area contributed by atoms with Crippen LogP contribution in [-0.2, 0) is 19.2 Å². The predicted octanol–water partition coefficient (Wildman–Crippen LogP) is 3.21. The molecule has 112 valence electrons. The summed E-state index contributed by atoms with van der Waals surface area (Å²) in [5.41, 5.74) is 0.566. The molecule has 0 saturated heterocycles. The molecular weight excluding hydrogens is 321 g/mol. The normalized spacial score (nSPS) is 10.4. The van der Waals surface area contributed by atoms with Crippen molar-refractivity contribution in [2.75, 3.05) is 13.2 Å².